The molecule has 0 saturated carbocycles. The van der Waals surface area contributed by atoms with Gasteiger partial charge in [-0.25, -0.2) is 9.50 Å². The number of piperidine rings is 1. The van der Waals surface area contributed by atoms with Crippen molar-refractivity contribution in [1.29, 1.82) is 5.26 Å². The molecule has 10 nitrogen and oxygen atoms in total. The number of hydrogen-bond acceptors (Lipinski definition) is 8. The zero-order chi connectivity index (χ0) is 27.3. The molecule has 7 heterocycles. The maximum absolute atomic E-state index is 13.1. The molecule has 10 heteroatoms. The second kappa shape index (κ2) is 9.36. The van der Waals surface area contributed by atoms with Crippen LogP contribution in [0.1, 0.15) is 41.9 Å². The average Bonchev–Trinajstić information content (AvgIpc) is 3.35. The van der Waals surface area contributed by atoms with Crippen LogP contribution in [0, 0.1) is 18.3 Å². The van der Waals surface area contributed by atoms with Crippen molar-refractivity contribution in [2.24, 2.45) is 0 Å². The fourth-order valence-electron chi connectivity index (χ4n) is 5.34. The van der Waals surface area contributed by atoms with Crippen LogP contribution < -0.4 is 9.64 Å². The van der Waals surface area contributed by atoms with Crippen molar-refractivity contribution >= 4 is 17.2 Å². The van der Waals surface area contributed by atoms with Gasteiger partial charge in [0, 0.05) is 42.3 Å². The highest BCUT2D eigenvalue weighted by Gasteiger charge is 2.47. The third kappa shape index (κ3) is 4.66. The number of hydrogen-bond donors (Lipinski definition) is 1. The number of nitrogens with zero attached hydrogens (tertiary/aromatic N) is 7. The second-order valence-electron chi connectivity index (χ2n) is 10.9. The molecular formula is C29H29N7O3. The fourth-order valence-corrected chi connectivity index (χ4v) is 5.34. The number of anilines is 1. The molecule has 2 atom stereocenters. The van der Waals surface area contributed by atoms with Gasteiger partial charge in [-0.05, 0) is 57.5 Å². The van der Waals surface area contributed by atoms with E-state index in [1.165, 1.54) is 6.20 Å². The number of aromatic nitrogens is 4. The Labute approximate surface area is 226 Å². The molecule has 1 amide bonds. The van der Waals surface area contributed by atoms with Crippen LogP contribution >= 0.6 is 0 Å². The lowest BCUT2D eigenvalue weighted by atomic mass is 9.86. The number of aryl methyl sites for hydroxylation is 1. The zero-order valence-corrected chi connectivity index (χ0v) is 22.1. The summed E-state index contributed by atoms with van der Waals surface area (Å²) in [4.78, 5) is 26.3. The minimum atomic E-state index is -0.993. The summed E-state index contributed by atoms with van der Waals surface area (Å²) in [5, 5.41) is 24.0. The van der Waals surface area contributed by atoms with Gasteiger partial charge < -0.3 is 19.6 Å². The van der Waals surface area contributed by atoms with Crippen molar-refractivity contribution < 1.29 is 14.6 Å². The summed E-state index contributed by atoms with van der Waals surface area (Å²) in [6, 6.07) is 12.0. The summed E-state index contributed by atoms with van der Waals surface area (Å²) >= 11 is 0. The van der Waals surface area contributed by atoms with Crippen molar-refractivity contribution in [3.05, 3.63) is 71.9 Å². The van der Waals surface area contributed by atoms with Crippen LogP contribution in [0.25, 0.3) is 16.6 Å². The first-order valence-electron chi connectivity index (χ1n) is 12.9. The number of carbonyl (C=O) groups excluding carboxylic acids is 1. The molecule has 3 fully saturated rings. The van der Waals surface area contributed by atoms with E-state index in [0.717, 1.165) is 42.1 Å². The average molecular weight is 524 g/mol. The first kappa shape index (κ1) is 24.8. The molecule has 3 saturated heterocycles. The molecule has 0 radical (unpaired) electrons. The topological polar surface area (TPSA) is 120 Å². The molecule has 3 aliphatic heterocycles. The van der Waals surface area contributed by atoms with Crippen LogP contribution in [0.3, 0.4) is 0 Å². The summed E-state index contributed by atoms with van der Waals surface area (Å²) < 4.78 is 7.45. The predicted octanol–water partition coefficient (Wildman–Crippen LogP) is 3.22. The number of pyridine rings is 3. The molecule has 3 aliphatic rings. The molecule has 7 rings (SSSR count). The molecule has 4 aromatic rings. The highest BCUT2D eigenvalue weighted by atomic mass is 16.5. The molecule has 0 spiro atoms. The van der Waals surface area contributed by atoms with E-state index in [1.54, 1.807) is 37.0 Å². The molecule has 0 aliphatic carbocycles. The van der Waals surface area contributed by atoms with E-state index >= 15 is 0 Å². The number of nitriles is 1. The van der Waals surface area contributed by atoms with E-state index in [1.807, 2.05) is 42.2 Å². The minimum absolute atomic E-state index is 0.0384. The Morgan fingerprint density at radius 2 is 1.95 bits per heavy atom. The van der Waals surface area contributed by atoms with Gasteiger partial charge in [-0.1, -0.05) is 0 Å². The molecule has 2 unspecified atom stereocenters. The van der Waals surface area contributed by atoms with E-state index in [-0.39, 0.29) is 24.6 Å². The van der Waals surface area contributed by atoms with Crippen LogP contribution in [0.5, 0.6) is 5.75 Å². The minimum Gasteiger partial charge on any atom is -0.489 e. The summed E-state index contributed by atoms with van der Waals surface area (Å²) in [5.41, 5.74) is 3.23. The van der Waals surface area contributed by atoms with Crippen LogP contribution in [-0.2, 0) is 0 Å². The van der Waals surface area contributed by atoms with Crippen LogP contribution in [0.4, 0.5) is 5.82 Å². The van der Waals surface area contributed by atoms with E-state index < -0.39 is 5.60 Å². The van der Waals surface area contributed by atoms with Gasteiger partial charge in [0.05, 0.1) is 46.7 Å². The van der Waals surface area contributed by atoms with E-state index in [2.05, 4.69) is 21.1 Å². The van der Waals surface area contributed by atoms with Gasteiger partial charge in [-0.3, -0.25) is 9.78 Å². The van der Waals surface area contributed by atoms with Crippen LogP contribution in [0.2, 0.25) is 0 Å². The van der Waals surface area contributed by atoms with E-state index in [4.69, 9.17) is 9.72 Å². The third-order valence-electron chi connectivity index (χ3n) is 7.27. The number of rotatable bonds is 6. The monoisotopic (exact) mass is 523 g/mol. The highest BCUT2D eigenvalue weighted by molar-refractivity contribution is 5.95. The lowest BCUT2D eigenvalue weighted by molar-refractivity contribution is 0.00572. The smallest absolute Gasteiger partial charge is 0.256 e. The normalized spacial score (nSPS) is 18.5. The Morgan fingerprint density at radius 1 is 1.15 bits per heavy atom. The first-order valence-corrected chi connectivity index (χ1v) is 12.9. The Kier molecular flexibility index (Phi) is 5.96. The van der Waals surface area contributed by atoms with Crippen LogP contribution in [0.15, 0.2) is 55.1 Å². The fraction of sp³-hybridized carbons (Fsp3) is 0.345. The molecule has 1 N–H and O–H groups in total. The number of fused-ring (bicyclic) bond motifs is 3. The largest absolute Gasteiger partial charge is 0.489 e. The second-order valence-corrected chi connectivity index (χ2v) is 10.9. The highest BCUT2D eigenvalue weighted by Crippen LogP contribution is 2.36. The van der Waals surface area contributed by atoms with Gasteiger partial charge in [0.15, 0.2) is 0 Å². The summed E-state index contributed by atoms with van der Waals surface area (Å²) in [7, 11) is 0. The standard InChI is InChI=1S/C29H29N7O3/c1-18-4-5-20(12-31-18)28(37)36-22-8-23(36)15-34(14-22)26-7-6-19(11-32-26)25-9-24(39-17-29(2,3)38)16-35-27(25)21(10-30)13-33-35/h4-7,9,11-13,16,22-23,38H,8,14-15,17H2,1-3H3. The van der Waals surface area contributed by atoms with Gasteiger partial charge in [0.2, 0.25) is 0 Å². The molecule has 0 aromatic carbocycles. The number of amides is 1. The Hall–Kier alpha value is -4.49. The molecular weight excluding hydrogens is 494 g/mol. The van der Waals surface area contributed by atoms with Crippen molar-refractivity contribution in [2.75, 3.05) is 24.6 Å². The SMILES string of the molecule is Cc1ccc(C(=O)N2C3CC2CN(c2ccc(-c4cc(OCC(C)(C)O)cn5ncc(C#N)c45)cn2)C3)cn1. The summed E-state index contributed by atoms with van der Waals surface area (Å²) in [5.74, 6) is 1.41. The quantitative estimate of drug-likeness (QED) is 0.409. The maximum Gasteiger partial charge on any atom is 0.256 e. The van der Waals surface area contributed by atoms with Crippen LogP contribution in [-0.4, -0.2) is 72.9 Å². The van der Waals surface area contributed by atoms with E-state index in [0.29, 0.717) is 22.4 Å². The zero-order valence-electron chi connectivity index (χ0n) is 22.1. The summed E-state index contributed by atoms with van der Waals surface area (Å²) in [6.45, 7) is 6.82. The number of carbonyl (C=O) groups is 1. The first-order chi connectivity index (χ1) is 18.7. The summed E-state index contributed by atoms with van der Waals surface area (Å²) in [6.07, 6.45) is 7.67. The Balaban J connectivity index is 1.22. The molecule has 39 heavy (non-hydrogen) atoms. The van der Waals surface area contributed by atoms with Crippen molar-refractivity contribution in [1.82, 2.24) is 24.5 Å². The van der Waals surface area contributed by atoms with Crippen molar-refractivity contribution in [2.45, 2.75) is 44.9 Å². The van der Waals surface area contributed by atoms with Gasteiger partial charge in [0.1, 0.15) is 24.2 Å². The molecule has 4 aromatic heterocycles. The maximum atomic E-state index is 13.1. The predicted molar refractivity (Wildman–Crippen MR) is 144 cm³/mol. The van der Waals surface area contributed by atoms with Gasteiger partial charge >= 0.3 is 0 Å². The van der Waals surface area contributed by atoms with Crippen molar-refractivity contribution in [3.8, 4) is 22.9 Å². The lowest BCUT2D eigenvalue weighted by Crippen LogP contribution is -2.70. The van der Waals surface area contributed by atoms with E-state index in [9.17, 15) is 15.2 Å². The van der Waals surface area contributed by atoms with Gasteiger partial charge in [0.25, 0.3) is 5.91 Å². The van der Waals surface area contributed by atoms with Crippen molar-refractivity contribution in [3.63, 3.8) is 0 Å². The Bertz CT molecular complexity index is 1570. The Morgan fingerprint density at radius 3 is 2.59 bits per heavy atom. The van der Waals surface area contributed by atoms with Gasteiger partial charge in [-0.2, -0.15) is 10.4 Å². The molecule has 198 valence electrons. The number of ether oxygens (including phenoxy) is 1. The number of piperazine rings is 1. The molecule has 2 bridgehead atoms. The lowest BCUT2D eigenvalue weighted by Gasteiger charge is -2.56. The third-order valence-corrected chi connectivity index (χ3v) is 7.27. The number of aliphatic hydroxyl groups is 1. The van der Waals surface area contributed by atoms with Gasteiger partial charge in [-0.15, -0.1) is 0 Å².